The van der Waals surface area contributed by atoms with Crippen LogP contribution in [0.3, 0.4) is 0 Å². The summed E-state index contributed by atoms with van der Waals surface area (Å²) in [5.74, 6) is 0.231. The molecular formula is C20H19N3O4. The fourth-order valence-corrected chi connectivity index (χ4v) is 2.95. The standard InChI is InChI=1S/C20H19N3O4/c24-20(25)15-7-5-14(6-8-15)13-27-19-18(23-9-11-26-12-10-23)21-16-3-1-2-4-17(16)22-19/h1-8H,9-13H2,(H,24,25). The number of hydrogen-bond acceptors (Lipinski definition) is 6. The summed E-state index contributed by atoms with van der Waals surface area (Å²) in [7, 11) is 0. The smallest absolute Gasteiger partial charge is 0.335 e. The van der Waals surface area contributed by atoms with Gasteiger partial charge in [0.25, 0.3) is 5.88 Å². The SMILES string of the molecule is O=C(O)c1ccc(COc2nc3ccccc3nc2N2CCOCC2)cc1. The van der Waals surface area contributed by atoms with Crippen LogP contribution in [0.5, 0.6) is 5.88 Å². The normalized spacial score (nSPS) is 14.3. The molecule has 0 spiro atoms. The number of morpholine rings is 1. The molecule has 0 bridgehead atoms. The van der Waals surface area contributed by atoms with Crippen molar-refractivity contribution in [3.63, 3.8) is 0 Å². The Labute approximate surface area is 156 Å². The maximum atomic E-state index is 11.0. The highest BCUT2D eigenvalue weighted by atomic mass is 16.5. The molecule has 2 heterocycles. The average molecular weight is 365 g/mol. The molecule has 0 amide bonds. The number of nitrogens with zero attached hydrogens (tertiary/aromatic N) is 3. The highest BCUT2D eigenvalue weighted by molar-refractivity contribution is 5.87. The lowest BCUT2D eigenvalue weighted by Crippen LogP contribution is -2.37. The van der Waals surface area contributed by atoms with Crippen LogP contribution in [0.25, 0.3) is 11.0 Å². The number of carboxylic acids is 1. The molecule has 1 aromatic heterocycles. The van der Waals surface area contributed by atoms with E-state index in [2.05, 4.69) is 9.88 Å². The highest BCUT2D eigenvalue weighted by Gasteiger charge is 2.20. The molecule has 0 radical (unpaired) electrons. The van der Waals surface area contributed by atoms with Gasteiger partial charge in [-0.2, -0.15) is 0 Å². The summed E-state index contributed by atoms with van der Waals surface area (Å²) in [5.41, 5.74) is 2.70. The monoisotopic (exact) mass is 365 g/mol. The minimum absolute atomic E-state index is 0.248. The quantitative estimate of drug-likeness (QED) is 0.744. The Balaban J connectivity index is 1.61. The van der Waals surface area contributed by atoms with Crippen molar-refractivity contribution in [2.24, 2.45) is 0 Å². The number of hydrogen-bond donors (Lipinski definition) is 1. The number of ether oxygens (including phenoxy) is 2. The van der Waals surface area contributed by atoms with E-state index in [1.807, 2.05) is 24.3 Å². The predicted molar refractivity (Wildman–Crippen MR) is 100 cm³/mol. The van der Waals surface area contributed by atoms with E-state index in [0.29, 0.717) is 24.9 Å². The third kappa shape index (κ3) is 3.83. The van der Waals surface area contributed by atoms with Gasteiger partial charge in [-0.25, -0.2) is 14.8 Å². The van der Waals surface area contributed by atoms with Crippen LogP contribution in [0.1, 0.15) is 15.9 Å². The number of anilines is 1. The molecule has 1 aliphatic heterocycles. The zero-order chi connectivity index (χ0) is 18.6. The molecule has 7 heteroatoms. The number of para-hydroxylation sites is 2. The largest absolute Gasteiger partial charge is 0.478 e. The van der Waals surface area contributed by atoms with E-state index in [1.165, 1.54) is 0 Å². The van der Waals surface area contributed by atoms with Crippen molar-refractivity contribution in [3.8, 4) is 5.88 Å². The molecule has 4 rings (SSSR count). The number of rotatable bonds is 5. The van der Waals surface area contributed by atoms with Gasteiger partial charge in [0.05, 0.1) is 29.8 Å². The molecule has 1 saturated heterocycles. The molecule has 7 nitrogen and oxygen atoms in total. The van der Waals surface area contributed by atoms with Crippen LogP contribution in [-0.2, 0) is 11.3 Å². The second-order valence-corrected chi connectivity index (χ2v) is 6.23. The Morgan fingerprint density at radius 3 is 2.37 bits per heavy atom. The first kappa shape index (κ1) is 17.2. The number of carboxylic acid groups (broad SMARTS) is 1. The molecule has 1 fully saturated rings. The van der Waals surface area contributed by atoms with Crippen LogP contribution < -0.4 is 9.64 Å². The Kier molecular flexibility index (Phi) is 4.84. The van der Waals surface area contributed by atoms with Crippen molar-refractivity contribution in [1.29, 1.82) is 0 Å². The van der Waals surface area contributed by atoms with Crippen molar-refractivity contribution in [3.05, 3.63) is 59.7 Å². The van der Waals surface area contributed by atoms with Gasteiger partial charge < -0.3 is 19.5 Å². The Bertz CT molecular complexity index is 953. The molecule has 2 aromatic carbocycles. The second-order valence-electron chi connectivity index (χ2n) is 6.23. The summed E-state index contributed by atoms with van der Waals surface area (Å²) >= 11 is 0. The van der Waals surface area contributed by atoms with Gasteiger partial charge >= 0.3 is 5.97 Å². The maximum absolute atomic E-state index is 11.0. The zero-order valence-corrected chi connectivity index (χ0v) is 14.7. The van der Waals surface area contributed by atoms with E-state index in [-0.39, 0.29) is 12.2 Å². The number of carbonyl (C=O) groups is 1. The molecule has 0 atom stereocenters. The number of aromatic carboxylic acids is 1. The number of aromatic nitrogens is 2. The van der Waals surface area contributed by atoms with Gasteiger partial charge in [0.2, 0.25) is 0 Å². The van der Waals surface area contributed by atoms with Crippen LogP contribution in [0.4, 0.5) is 5.82 Å². The van der Waals surface area contributed by atoms with Crippen molar-refractivity contribution >= 4 is 22.8 Å². The lowest BCUT2D eigenvalue weighted by molar-refractivity contribution is 0.0697. The van der Waals surface area contributed by atoms with Crippen molar-refractivity contribution in [1.82, 2.24) is 9.97 Å². The van der Waals surface area contributed by atoms with Gasteiger partial charge in [-0.3, -0.25) is 0 Å². The van der Waals surface area contributed by atoms with Gasteiger partial charge in [0.1, 0.15) is 6.61 Å². The molecule has 27 heavy (non-hydrogen) atoms. The van der Waals surface area contributed by atoms with Crippen LogP contribution >= 0.6 is 0 Å². The number of benzene rings is 2. The first-order valence-electron chi connectivity index (χ1n) is 8.75. The van der Waals surface area contributed by atoms with Crippen LogP contribution in [0.2, 0.25) is 0 Å². The first-order valence-corrected chi connectivity index (χ1v) is 8.75. The molecule has 0 saturated carbocycles. The summed E-state index contributed by atoms with van der Waals surface area (Å²) in [6.45, 7) is 3.03. The molecule has 1 aliphatic rings. The maximum Gasteiger partial charge on any atom is 0.335 e. The van der Waals surface area contributed by atoms with E-state index < -0.39 is 5.97 Å². The molecule has 0 aliphatic carbocycles. The Morgan fingerprint density at radius 2 is 1.70 bits per heavy atom. The fraction of sp³-hybridized carbons (Fsp3) is 0.250. The first-order chi connectivity index (χ1) is 13.2. The third-order valence-electron chi connectivity index (χ3n) is 4.41. The van der Waals surface area contributed by atoms with E-state index in [0.717, 1.165) is 29.7 Å². The van der Waals surface area contributed by atoms with E-state index >= 15 is 0 Å². The van der Waals surface area contributed by atoms with Gasteiger partial charge in [-0.15, -0.1) is 0 Å². The minimum Gasteiger partial charge on any atom is -0.478 e. The summed E-state index contributed by atoms with van der Waals surface area (Å²) in [6.07, 6.45) is 0. The van der Waals surface area contributed by atoms with Gasteiger partial charge in [-0.05, 0) is 29.8 Å². The lowest BCUT2D eigenvalue weighted by Gasteiger charge is -2.28. The van der Waals surface area contributed by atoms with Gasteiger partial charge in [-0.1, -0.05) is 24.3 Å². The van der Waals surface area contributed by atoms with Crippen LogP contribution in [0.15, 0.2) is 48.5 Å². The average Bonchev–Trinajstić information content (AvgIpc) is 2.72. The topological polar surface area (TPSA) is 84.8 Å². The summed E-state index contributed by atoms with van der Waals surface area (Å²) < 4.78 is 11.4. The molecular weight excluding hydrogens is 346 g/mol. The predicted octanol–water partition coefficient (Wildman–Crippen LogP) is 2.74. The van der Waals surface area contributed by atoms with E-state index in [4.69, 9.17) is 19.6 Å². The van der Waals surface area contributed by atoms with Crippen molar-refractivity contribution in [2.45, 2.75) is 6.61 Å². The fourth-order valence-electron chi connectivity index (χ4n) is 2.95. The summed E-state index contributed by atoms with van der Waals surface area (Å²) in [5, 5.41) is 9.00. The van der Waals surface area contributed by atoms with E-state index in [9.17, 15) is 4.79 Å². The second kappa shape index (κ2) is 7.59. The Hall–Kier alpha value is -3.19. The summed E-state index contributed by atoms with van der Waals surface area (Å²) in [4.78, 5) is 22.5. The van der Waals surface area contributed by atoms with Crippen molar-refractivity contribution in [2.75, 3.05) is 31.2 Å². The van der Waals surface area contributed by atoms with Crippen molar-refractivity contribution < 1.29 is 19.4 Å². The van der Waals surface area contributed by atoms with Gasteiger partial charge in [0.15, 0.2) is 5.82 Å². The lowest BCUT2D eigenvalue weighted by atomic mass is 10.1. The van der Waals surface area contributed by atoms with E-state index in [1.54, 1.807) is 24.3 Å². The number of fused-ring (bicyclic) bond motifs is 1. The van der Waals surface area contributed by atoms with Gasteiger partial charge in [0, 0.05) is 13.1 Å². The van der Waals surface area contributed by atoms with Crippen LogP contribution in [-0.4, -0.2) is 47.3 Å². The molecule has 138 valence electrons. The molecule has 3 aromatic rings. The molecule has 0 unspecified atom stereocenters. The Morgan fingerprint density at radius 1 is 1.04 bits per heavy atom. The van der Waals surface area contributed by atoms with Crippen LogP contribution in [0, 0.1) is 0 Å². The third-order valence-corrected chi connectivity index (χ3v) is 4.41. The highest BCUT2D eigenvalue weighted by Crippen LogP contribution is 2.28. The minimum atomic E-state index is -0.947. The molecule has 1 N–H and O–H groups in total. The summed E-state index contributed by atoms with van der Waals surface area (Å²) in [6, 6.07) is 14.3. The zero-order valence-electron chi connectivity index (χ0n) is 14.7.